The molecule has 0 atom stereocenters. The van der Waals surface area contributed by atoms with Crippen LogP contribution in [0.5, 0.6) is 0 Å². The number of anilines is 1. The third-order valence-electron chi connectivity index (χ3n) is 8.95. The number of aromatic nitrogens is 1. The van der Waals surface area contributed by atoms with Crippen molar-refractivity contribution in [2.75, 3.05) is 25.5 Å². The third kappa shape index (κ3) is 6.71. The zero-order valence-electron chi connectivity index (χ0n) is 25.6. The van der Waals surface area contributed by atoms with Crippen LogP contribution in [0.3, 0.4) is 0 Å². The summed E-state index contributed by atoms with van der Waals surface area (Å²) in [5, 5.41) is 7.02. The Morgan fingerprint density at radius 1 is 0.953 bits per heavy atom. The normalized spacial score (nSPS) is 18.4. The van der Waals surface area contributed by atoms with Crippen LogP contribution in [0.25, 0.3) is 22.0 Å². The van der Waals surface area contributed by atoms with E-state index in [9.17, 15) is 18.8 Å². The summed E-state index contributed by atoms with van der Waals surface area (Å²) < 4.78 is 15.9. The number of nitrogens with one attached hydrogen (secondary N) is 2. The van der Waals surface area contributed by atoms with Gasteiger partial charge in [-0.15, -0.1) is 0 Å². The molecule has 1 saturated carbocycles. The van der Waals surface area contributed by atoms with Gasteiger partial charge in [-0.05, 0) is 79.8 Å². The van der Waals surface area contributed by atoms with E-state index in [2.05, 4.69) is 24.5 Å². The fourth-order valence-electron chi connectivity index (χ4n) is 6.85. The Morgan fingerprint density at radius 3 is 2.33 bits per heavy atom. The summed E-state index contributed by atoms with van der Waals surface area (Å²) in [6, 6.07) is 10.6. The van der Waals surface area contributed by atoms with Crippen LogP contribution in [-0.2, 0) is 6.42 Å². The van der Waals surface area contributed by atoms with E-state index < -0.39 is 5.91 Å². The molecule has 0 spiro atoms. The molecule has 1 aromatic heterocycles. The minimum absolute atomic E-state index is 0.0163. The van der Waals surface area contributed by atoms with Gasteiger partial charge in [0.15, 0.2) is 0 Å². The van der Waals surface area contributed by atoms with Crippen molar-refractivity contribution < 1.29 is 18.8 Å². The molecule has 2 aliphatic heterocycles. The van der Waals surface area contributed by atoms with E-state index in [1.807, 2.05) is 17.0 Å². The molecule has 0 bridgehead atoms. The van der Waals surface area contributed by atoms with Crippen LogP contribution in [0.2, 0.25) is 0 Å². The summed E-state index contributed by atoms with van der Waals surface area (Å²) in [4.78, 5) is 38.1. The lowest BCUT2D eigenvalue weighted by Crippen LogP contribution is -2.41. The van der Waals surface area contributed by atoms with Crippen molar-refractivity contribution in [1.29, 1.82) is 0 Å². The van der Waals surface area contributed by atoms with E-state index in [-0.39, 0.29) is 23.2 Å². The number of primary amides is 1. The van der Waals surface area contributed by atoms with Gasteiger partial charge in [-0.1, -0.05) is 39.2 Å². The van der Waals surface area contributed by atoms with E-state index in [0.29, 0.717) is 30.0 Å². The van der Waals surface area contributed by atoms with Crippen LogP contribution in [0.4, 0.5) is 14.9 Å². The highest BCUT2D eigenvalue weighted by atomic mass is 19.1. The van der Waals surface area contributed by atoms with Crippen LogP contribution in [0.15, 0.2) is 36.4 Å². The molecule has 0 unspecified atom stereocenters. The van der Waals surface area contributed by atoms with Gasteiger partial charge >= 0.3 is 6.03 Å². The fraction of sp³-hybridized carbons (Fsp3) is 0.500. The van der Waals surface area contributed by atoms with Crippen molar-refractivity contribution in [1.82, 2.24) is 14.8 Å². The van der Waals surface area contributed by atoms with Crippen molar-refractivity contribution >= 4 is 34.4 Å². The summed E-state index contributed by atoms with van der Waals surface area (Å²) in [7, 11) is 1.68. The Labute approximate surface area is 253 Å². The van der Waals surface area contributed by atoms with E-state index in [1.54, 1.807) is 23.7 Å². The predicted molar refractivity (Wildman–Crippen MR) is 169 cm³/mol. The maximum absolute atomic E-state index is 14.2. The van der Waals surface area contributed by atoms with Crippen LogP contribution in [0, 0.1) is 11.2 Å². The van der Waals surface area contributed by atoms with Crippen molar-refractivity contribution in [3.8, 4) is 11.1 Å². The van der Waals surface area contributed by atoms with E-state index >= 15 is 0 Å². The van der Waals surface area contributed by atoms with Gasteiger partial charge in [0.25, 0.3) is 5.91 Å². The summed E-state index contributed by atoms with van der Waals surface area (Å²) in [5.74, 6) is -0.852. The largest absolute Gasteiger partial charge is 0.382 e. The number of carbonyl (C=O) groups excluding carboxylic acids is 3. The topological polar surface area (TPSA) is 109 Å². The molecule has 3 amide bonds. The standard InChI is InChI=1S/C27H30FN3O2.C7H14N2O/c1-27(2)14-23-25(20-11-9-17(28)13-22(20)31(23)24(32)15-27)16-8-10-19(26(29)33)21(12-16)30-18-6-4-3-5-7-18;1-8-7(10)9-5-3-2-4-6-9/h8-13,18,30H,3-7,14-15H2,1-2H3,(H2,29,33);2-6H2,1H3,(H,8,10). The number of halogens is 1. The van der Waals surface area contributed by atoms with Crippen molar-refractivity contribution in [2.24, 2.45) is 11.1 Å². The molecule has 1 saturated heterocycles. The summed E-state index contributed by atoms with van der Waals surface area (Å²) in [6.45, 7) is 6.03. The number of benzene rings is 2. The molecule has 9 heteroatoms. The van der Waals surface area contributed by atoms with Crippen molar-refractivity contribution in [3.63, 3.8) is 0 Å². The van der Waals surface area contributed by atoms with Crippen LogP contribution < -0.4 is 16.4 Å². The predicted octanol–water partition coefficient (Wildman–Crippen LogP) is 6.72. The van der Waals surface area contributed by atoms with Crippen LogP contribution in [-0.4, -0.2) is 53.5 Å². The Morgan fingerprint density at radius 2 is 1.65 bits per heavy atom. The smallest absolute Gasteiger partial charge is 0.317 e. The lowest BCUT2D eigenvalue weighted by Gasteiger charge is -2.30. The lowest BCUT2D eigenvalue weighted by atomic mass is 9.80. The number of fused-ring (bicyclic) bond motifs is 3. The zero-order chi connectivity index (χ0) is 30.7. The first kappa shape index (κ1) is 30.6. The van der Waals surface area contributed by atoms with Gasteiger partial charge in [0.1, 0.15) is 5.82 Å². The number of carbonyl (C=O) groups is 3. The molecule has 1 aliphatic carbocycles. The average molecular weight is 590 g/mol. The van der Waals surface area contributed by atoms with Gasteiger partial charge in [-0.2, -0.15) is 0 Å². The van der Waals surface area contributed by atoms with Gasteiger partial charge in [0, 0.05) is 54.9 Å². The maximum atomic E-state index is 14.2. The number of hydrogen-bond donors (Lipinski definition) is 3. The Balaban J connectivity index is 0.000000314. The highest BCUT2D eigenvalue weighted by Gasteiger charge is 2.35. The van der Waals surface area contributed by atoms with Gasteiger partial charge in [-0.3, -0.25) is 14.2 Å². The molecular weight excluding hydrogens is 545 g/mol. The first-order valence-corrected chi connectivity index (χ1v) is 15.6. The molecule has 3 heterocycles. The number of urea groups is 1. The SMILES string of the molecule is CC1(C)CC(=O)n2c(c(-c3ccc(C(N)=O)c(NC4CCCCC4)c3)c3ccc(F)cc32)C1.CNC(=O)N1CCCCC1. The second kappa shape index (κ2) is 12.8. The average Bonchev–Trinajstić information content (AvgIpc) is 3.30. The molecule has 3 aliphatic rings. The molecule has 3 aromatic rings. The minimum Gasteiger partial charge on any atom is -0.382 e. The molecule has 230 valence electrons. The molecule has 4 N–H and O–H groups in total. The zero-order valence-corrected chi connectivity index (χ0v) is 25.6. The quantitative estimate of drug-likeness (QED) is 0.314. The highest BCUT2D eigenvalue weighted by molar-refractivity contribution is 6.06. The van der Waals surface area contributed by atoms with Gasteiger partial charge in [-0.25, -0.2) is 9.18 Å². The minimum atomic E-state index is -0.470. The maximum Gasteiger partial charge on any atom is 0.317 e. The Kier molecular flexibility index (Phi) is 9.08. The van der Waals surface area contributed by atoms with Crippen LogP contribution in [0.1, 0.15) is 92.5 Å². The number of nitrogens with two attached hydrogens (primary N) is 1. The molecule has 2 fully saturated rings. The van der Waals surface area contributed by atoms with E-state index in [0.717, 1.165) is 66.7 Å². The molecule has 8 nitrogen and oxygen atoms in total. The third-order valence-corrected chi connectivity index (χ3v) is 8.95. The van der Waals surface area contributed by atoms with E-state index in [4.69, 9.17) is 5.73 Å². The summed E-state index contributed by atoms with van der Waals surface area (Å²) in [6.07, 6.45) is 10.4. The molecule has 43 heavy (non-hydrogen) atoms. The van der Waals surface area contributed by atoms with E-state index in [1.165, 1.54) is 37.8 Å². The second-order valence-electron chi connectivity index (χ2n) is 12.9. The highest BCUT2D eigenvalue weighted by Crippen LogP contribution is 2.43. The first-order valence-electron chi connectivity index (χ1n) is 15.6. The van der Waals surface area contributed by atoms with Gasteiger partial charge in [0.05, 0.1) is 11.1 Å². The molecule has 2 aromatic carbocycles. The lowest BCUT2D eigenvalue weighted by molar-refractivity contribution is 0.0816. The van der Waals surface area contributed by atoms with Gasteiger partial charge in [0.2, 0.25) is 5.91 Å². The number of nitrogens with zero attached hydrogens (tertiary/aromatic N) is 2. The van der Waals surface area contributed by atoms with Crippen molar-refractivity contribution in [3.05, 3.63) is 53.5 Å². The number of likely N-dealkylation sites (tertiary alicyclic amines) is 1. The Bertz CT molecular complexity index is 1520. The summed E-state index contributed by atoms with van der Waals surface area (Å²) >= 11 is 0. The molecule has 6 rings (SSSR count). The number of rotatable bonds is 4. The second-order valence-corrected chi connectivity index (χ2v) is 12.9. The first-order chi connectivity index (χ1) is 20.6. The van der Waals surface area contributed by atoms with Crippen molar-refractivity contribution in [2.45, 2.75) is 84.1 Å². The molecular formula is C34H44FN5O3. The number of hydrogen-bond acceptors (Lipinski definition) is 4. The monoisotopic (exact) mass is 589 g/mol. The fourth-order valence-corrected chi connectivity index (χ4v) is 6.85. The summed E-state index contributed by atoms with van der Waals surface area (Å²) in [5.41, 5.74) is 10.0. The number of amides is 3. The number of piperidine rings is 1. The Hall–Kier alpha value is -3.88. The molecule has 0 radical (unpaired) electrons. The van der Waals surface area contributed by atoms with Gasteiger partial charge < -0.3 is 21.3 Å². The van der Waals surface area contributed by atoms with Crippen LogP contribution >= 0.6 is 0 Å².